The first-order chi connectivity index (χ1) is 6.70. The quantitative estimate of drug-likeness (QED) is 0.796. The standard InChI is InChI=1S/C12H20N2/c1-4-6-10-9(3)8-14-11(7-5-2)12(10)13/h8H,4-7,13H2,1-3H3. The van der Waals surface area contributed by atoms with Gasteiger partial charge in [-0.05, 0) is 30.9 Å². The van der Waals surface area contributed by atoms with E-state index < -0.39 is 0 Å². The van der Waals surface area contributed by atoms with Crippen LogP contribution in [-0.2, 0) is 12.8 Å². The Morgan fingerprint density at radius 1 is 1.21 bits per heavy atom. The Hall–Kier alpha value is -1.05. The zero-order chi connectivity index (χ0) is 10.6. The van der Waals surface area contributed by atoms with Crippen LogP contribution < -0.4 is 5.73 Å². The van der Waals surface area contributed by atoms with Crippen molar-refractivity contribution in [3.05, 3.63) is 23.0 Å². The fourth-order valence-electron chi connectivity index (χ4n) is 1.73. The number of hydrogen-bond acceptors (Lipinski definition) is 2. The van der Waals surface area contributed by atoms with E-state index in [1.165, 1.54) is 11.1 Å². The van der Waals surface area contributed by atoms with Crippen LogP contribution in [0.2, 0.25) is 0 Å². The summed E-state index contributed by atoms with van der Waals surface area (Å²) in [6.45, 7) is 6.42. The molecule has 0 aliphatic heterocycles. The number of rotatable bonds is 4. The van der Waals surface area contributed by atoms with E-state index in [0.717, 1.165) is 37.1 Å². The van der Waals surface area contributed by atoms with Gasteiger partial charge >= 0.3 is 0 Å². The van der Waals surface area contributed by atoms with Gasteiger partial charge in [0, 0.05) is 6.20 Å². The number of hydrogen-bond donors (Lipinski definition) is 1. The molecule has 0 saturated carbocycles. The normalized spacial score (nSPS) is 10.5. The molecule has 2 heteroatoms. The first-order valence-corrected chi connectivity index (χ1v) is 5.43. The van der Waals surface area contributed by atoms with E-state index in [1.54, 1.807) is 0 Å². The first-order valence-electron chi connectivity index (χ1n) is 5.43. The lowest BCUT2D eigenvalue weighted by Gasteiger charge is -2.11. The lowest BCUT2D eigenvalue weighted by molar-refractivity contribution is 0.861. The van der Waals surface area contributed by atoms with E-state index in [-0.39, 0.29) is 0 Å². The number of pyridine rings is 1. The number of nitrogens with zero attached hydrogens (tertiary/aromatic N) is 1. The van der Waals surface area contributed by atoms with Gasteiger partial charge < -0.3 is 5.73 Å². The molecular formula is C12H20N2. The van der Waals surface area contributed by atoms with Gasteiger partial charge in [0.15, 0.2) is 0 Å². The van der Waals surface area contributed by atoms with Crippen LogP contribution in [0.4, 0.5) is 5.69 Å². The van der Waals surface area contributed by atoms with Crippen LogP contribution in [0.1, 0.15) is 43.5 Å². The van der Waals surface area contributed by atoms with Crippen molar-refractivity contribution in [2.75, 3.05) is 5.73 Å². The molecule has 1 aromatic heterocycles. The molecule has 0 aromatic carbocycles. The van der Waals surface area contributed by atoms with E-state index in [2.05, 4.69) is 25.8 Å². The molecule has 0 radical (unpaired) electrons. The molecule has 78 valence electrons. The second-order valence-corrected chi connectivity index (χ2v) is 3.78. The highest BCUT2D eigenvalue weighted by molar-refractivity contribution is 5.53. The summed E-state index contributed by atoms with van der Waals surface area (Å²) in [5.74, 6) is 0. The molecule has 0 spiro atoms. The zero-order valence-corrected chi connectivity index (χ0v) is 9.43. The lowest BCUT2D eigenvalue weighted by atomic mass is 10.0. The van der Waals surface area contributed by atoms with E-state index in [4.69, 9.17) is 5.73 Å². The summed E-state index contributed by atoms with van der Waals surface area (Å²) in [5.41, 5.74) is 10.6. The SMILES string of the molecule is CCCc1ncc(C)c(CCC)c1N. The third-order valence-corrected chi connectivity index (χ3v) is 2.51. The van der Waals surface area contributed by atoms with Crippen molar-refractivity contribution in [3.63, 3.8) is 0 Å². The summed E-state index contributed by atoms with van der Waals surface area (Å²) in [7, 11) is 0. The molecule has 0 aliphatic carbocycles. The van der Waals surface area contributed by atoms with E-state index in [9.17, 15) is 0 Å². The van der Waals surface area contributed by atoms with Crippen molar-refractivity contribution in [2.45, 2.75) is 46.5 Å². The van der Waals surface area contributed by atoms with Crippen LogP contribution in [-0.4, -0.2) is 4.98 Å². The molecule has 14 heavy (non-hydrogen) atoms. The summed E-state index contributed by atoms with van der Waals surface area (Å²) in [6, 6.07) is 0. The van der Waals surface area contributed by atoms with Gasteiger partial charge in [0.25, 0.3) is 0 Å². The van der Waals surface area contributed by atoms with Gasteiger partial charge in [-0.1, -0.05) is 26.7 Å². The summed E-state index contributed by atoms with van der Waals surface area (Å²) >= 11 is 0. The molecule has 0 fully saturated rings. The second-order valence-electron chi connectivity index (χ2n) is 3.78. The molecule has 0 unspecified atom stereocenters. The molecule has 0 atom stereocenters. The lowest BCUT2D eigenvalue weighted by Crippen LogP contribution is -2.04. The predicted molar refractivity (Wildman–Crippen MR) is 61.4 cm³/mol. The van der Waals surface area contributed by atoms with Gasteiger partial charge in [-0.2, -0.15) is 0 Å². The fourth-order valence-corrected chi connectivity index (χ4v) is 1.73. The zero-order valence-electron chi connectivity index (χ0n) is 9.43. The maximum absolute atomic E-state index is 6.09. The molecule has 0 saturated heterocycles. The van der Waals surface area contributed by atoms with Gasteiger partial charge in [-0.15, -0.1) is 0 Å². The third kappa shape index (κ3) is 2.25. The number of aromatic nitrogens is 1. The Kier molecular flexibility index (Phi) is 3.93. The van der Waals surface area contributed by atoms with Crippen LogP contribution in [0.3, 0.4) is 0 Å². The molecular weight excluding hydrogens is 172 g/mol. The Morgan fingerprint density at radius 3 is 2.43 bits per heavy atom. The molecule has 2 N–H and O–H groups in total. The van der Waals surface area contributed by atoms with Crippen LogP contribution in [0.5, 0.6) is 0 Å². The van der Waals surface area contributed by atoms with Crippen LogP contribution in [0.15, 0.2) is 6.20 Å². The van der Waals surface area contributed by atoms with E-state index in [1.807, 2.05) is 6.20 Å². The van der Waals surface area contributed by atoms with Crippen molar-refractivity contribution in [3.8, 4) is 0 Å². The minimum atomic E-state index is 0.925. The maximum Gasteiger partial charge on any atom is 0.0635 e. The molecule has 1 aromatic rings. The number of nitrogen functional groups attached to an aromatic ring is 1. The predicted octanol–water partition coefficient (Wildman–Crippen LogP) is 2.88. The molecule has 0 amide bonds. The van der Waals surface area contributed by atoms with E-state index >= 15 is 0 Å². The number of anilines is 1. The minimum absolute atomic E-state index is 0.925. The van der Waals surface area contributed by atoms with Gasteiger partial charge in [-0.3, -0.25) is 4.98 Å². The number of aryl methyl sites for hydroxylation is 2. The van der Waals surface area contributed by atoms with Crippen molar-refractivity contribution in [1.82, 2.24) is 4.98 Å². The Labute approximate surface area is 86.5 Å². The molecule has 2 nitrogen and oxygen atoms in total. The average Bonchev–Trinajstić information content (AvgIpc) is 2.17. The second kappa shape index (κ2) is 4.99. The van der Waals surface area contributed by atoms with Crippen molar-refractivity contribution >= 4 is 5.69 Å². The molecule has 1 rings (SSSR count). The minimum Gasteiger partial charge on any atom is -0.397 e. The molecule has 0 bridgehead atoms. The summed E-state index contributed by atoms with van der Waals surface area (Å²) in [6.07, 6.45) is 6.25. The monoisotopic (exact) mass is 192 g/mol. The Bertz CT molecular complexity index is 305. The van der Waals surface area contributed by atoms with Gasteiger partial charge in [0.05, 0.1) is 11.4 Å². The topological polar surface area (TPSA) is 38.9 Å². The highest BCUT2D eigenvalue weighted by Gasteiger charge is 2.07. The van der Waals surface area contributed by atoms with Crippen molar-refractivity contribution in [2.24, 2.45) is 0 Å². The smallest absolute Gasteiger partial charge is 0.0635 e. The van der Waals surface area contributed by atoms with Crippen LogP contribution >= 0.6 is 0 Å². The van der Waals surface area contributed by atoms with Gasteiger partial charge in [0.1, 0.15) is 0 Å². The largest absolute Gasteiger partial charge is 0.397 e. The van der Waals surface area contributed by atoms with E-state index in [0.29, 0.717) is 0 Å². The summed E-state index contributed by atoms with van der Waals surface area (Å²) in [4.78, 5) is 4.39. The summed E-state index contributed by atoms with van der Waals surface area (Å²) < 4.78 is 0. The third-order valence-electron chi connectivity index (χ3n) is 2.51. The van der Waals surface area contributed by atoms with Crippen LogP contribution in [0, 0.1) is 6.92 Å². The molecule has 1 heterocycles. The highest BCUT2D eigenvalue weighted by atomic mass is 14.7. The number of nitrogens with two attached hydrogens (primary N) is 1. The average molecular weight is 192 g/mol. The van der Waals surface area contributed by atoms with Crippen molar-refractivity contribution < 1.29 is 0 Å². The van der Waals surface area contributed by atoms with Gasteiger partial charge in [0.2, 0.25) is 0 Å². The maximum atomic E-state index is 6.09. The van der Waals surface area contributed by atoms with Gasteiger partial charge in [-0.25, -0.2) is 0 Å². The van der Waals surface area contributed by atoms with Crippen molar-refractivity contribution in [1.29, 1.82) is 0 Å². The molecule has 0 aliphatic rings. The van der Waals surface area contributed by atoms with Crippen LogP contribution in [0.25, 0.3) is 0 Å². The Morgan fingerprint density at radius 2 is 1.86 bits per heavy atom. The highest BCUT2D eigenvalue weighted by Crippen LogP contribution is 2.21. The summed E-state index contributed by atoms with van der Waals surface area (Å²) in [5, 5.41) is 0. The Balaban J connectivity index is 3.05. The first kappa shape index (κ1) is 11.0. The fraction of sp³-hybridized carbons (Fsp3) is 0.583.